The van der Waals surface area contributed by atoms with E-state index in [1.54, 1.807) is 12.1 Å². The highest BCUT2D eigenvalue weighted by Gasteiger charge is 2.35. The lowest BCUT2D eigenvalue weighted by Crippen LogP contribution is -2.19. The van der Waals surface area contributed by atoms with Gasteiger partial charge in [0.2, 0.25) is 0 Å². The Morgan fingerprint density at radius 1 is 0.800 bits per heavy atom. The molecule has 3 rings (SSSR count). The van der Waals surface area contributed by atoms with Crippen molar-refractivity contribution in [1.29, 1.82) is 0 Å². The molecule has 0 aromatic heterocycles. The van der Waals surface area contributed by atoms with Crippen LogP contribution in [0.1, 0.15) is 17.5 Å². The molecule has 45 heavy (non-hydrogen) atoms. The van der Waals surface area contributed by atoms with Crippen LogP contribution in [0.25, 0.3) is 6.08 Å². The Morgan fingerprint density at radius 3 is 1.98 bits per heavy atom. The number of methoxy groups -OCH3 is 4. The van der Waals surface area contributed by atoms with E-state index in [0.29, 0.717) is 22.8 Å². The summed E-state index contributed by atoms with van der Waals surface area (Å²) in [6.07, 6.45) is 4.50. The van der Waals surface area contributed by atoms with Gasteiger partial charge in [0, 0.05) is 29.7 Å². The smallest absolute Gasteiger partial charge is 0.317 e. The second-order valence-corrected chi connectivity index (χ2v) is 12.6. The Morgan fingerprint density at radius 2 is 1.42 bits per heavy atom. The Labute approximate surface area is 260 Å². The minimum Gasteiger partial charge on any atom is -0.496 e. The number of rotatable bonds is 15. The van der Waals surface area contributed by atoms with E-state index in [0.717, 1.165) is 31.8 Å². The van der Waals surface area contributed by atoms with E-state index in [2.05, 4.69) is 14.4 Å². The van der Waals surface area contributed by atoms with Crippen LogP contribution in [0.15, 0.2) is 70.3 Å². The molecule has 1 N–H and O–H groups in total. The fourth-order valence-electron chi connectivity index (χ4n) is 4.16. The molecule has 0 heterocycles. The monoisotopic (exact) mass is 667 g/mol. The molecule has 0 radical (unpaired) electrons. The molecule has 242 valence electrons. The maximum absolute atomic E-state index is 13.6. The molecule has 1 aliphatic carbocycles. The SMILES string of the molecule is COc1cc(OC)c(/C=C/S(=O)(=O)Cc2ccc(OC)c(NS(=O)(=O)C3=C([N+](=O)OC)CC=C([N+](=O)OC)C=C3)c2)c(OC)c1. The molecule has 2 aromatic carbocycles. The van der Waals surface area contributed by atoms with E-state index in [9.17, 15) is 26.6 Å². The van der Waals surface area contributed by atoms with E-state index < -0.39 is 30.5 Å². The topological polar surface area (TPSA) is 176 Å². The Hall–Kier alpha value is -4.90. The lowest BCUT2D eigenvalue weighted by molar-refractivity contribution is -0.763. The molecule has 0 spiro atoms. The highest BCUT2D eigenvalue weighted by atomic mass is 32.2. The number of sulfone groups is 1. The third-order valence-electron chi connectivity index (χ3n) is 6.32. The van der Waals surface area contributed by atoms with Gasteiger partial charge >= 0.3 is 11.4 Å². The van der Waals surface area contributed by atoms with Crippen LogP contribution in [0.4, 0.5) is 5.69 Å². The van der Waals surface area contributed by atoms with Crippen molar-refractivity contribution in [3.8, 4) is 23.0 Å². The summed E-state index contributed by atoms with van der Waals surface area (Å²) in [5, 5.41) is 0.985. The molecule has 17 heteroatoms. The zero-order valence-corrected chi connectivity index (χ0v) is 26.9. The van der Waals surface area contributed by atoms with E-state index in [1.165, 1.54) is 58.8 Å². The highest BCUT2D eigenvalue weighted by molar-refractivity contribution is 7.96. The summed E-state index contributed by atoms with van der Waals surface area (Å²) in [6, 6.07) is 7.29. The maximum atomic E-state index is 13.6. The quantitative estimate of drug-likeness (QED) is 0.273. The van der Waals surface area contributed by atoms with Gasteiger partial charge in [0.25, 0.3) is 19.9 Å². The zero-order valence-electron chi connectivity index (χ0n) is 25.3. The van der Waals surface area contributed by atoms with Crippen LogP contribution in [0.2, 0.25) is 0 Å². The van der Waals surface area contributed by atoms with Gasteiger partial charge < -0.3 is 18.9 Å². The van der Waals surface area contributed by atoms with Crippen molar-refractivity contribution in [2.75, 3.05) is 47.4 Å². The second-order valence-electron chi connectivity index (χ2n) is 9.05. The van der Waals surface area contributed by atoms with Crippen molar-refractivity contribution in [2.24, 2.45) is 0 Å². The van der Waals surface area contributed by atoms with Gasteiger partial charge in [-0.1, -0.05) is 6.07 Å². The van der Waals surface area contributed by atoms with Gasteiger partial charge in [0.05, 0.1) is 61.7 Å². The van der Waals surface area contributed by atoms with Gasteiger partial charge in [0.1, 0.15) is 23.0 Å². The number of sulfonamides is 1. The zero-order chi connectivity index (χ0) is 33.4. The number of allylic oxidation sites excluding steroid dienone is 3. The Bertz CT molecular complexity index is 1790. The molecule has 0 unspecified atom stereocenters. The number of nitrogens with zero attached hydrogens (tertiary/aromatic N) is 2. The summed E-state index contributed by atoms with van der Waals surface area (Å²) in [6.45, 7) is 0. The first-order valence-corrected chi connectivity index (χ1v) is 16.1. The first-order chi connectivity index (χ1) is 21.3. The van der Waals surface area contributed by atoms with Crippen molar-refractivity contribution in [3.05, 3.63) is 91.2 Å². The number of ether oxygens (including phenoxy) is 4. The summed E-state index contributed by atoms with van der Waals surface area (Å²) < 4.78 is 76.9. The number of hydrogen-bond acceptors (Lipinski definition) is 12. The van der Waals surface area contributed by atoms with Crippen LogP contribution in [-0.4, -0.2) is 69.3 Å². The number of hydrogen-bond donors (Lipinski definition) is 1. The van der Waals surface area contributed by atoms with Gasteiger partial charge in [-0.15, -0.1) is 0 Å². The Balaban J connectivity index is 1.97. The minimum atomic E-state index is -4.54. The first kappa shape index (κ1) is 34.6. The molecular formula is C28H33N3O12S2+2. The van der Waals surface area contributed by atoms with Crippen LogP contribution < -0.4 is 23.7 Å². The van der Waals surface area contributed by atoms with E-state index in [4.69, 9.17) is 18.9 Å². The van der Waals surface area contributed by atoms with Crippen molar-refractivity contribution in [1.82, 2.24) is 0 Å². The summed E-state index contributed by atoms with van der Waals surface area (Å²) in [5.41, 5.74) is 0.0635. The lowest BCUT2D eigenvalue weighted by Gasteiger charge is -2.14. The van der Waals surface area contributed by atoms with Gasteiger partial charge in [-0.25, -0.2) is 26.5 Å². The molecule has 0 saturated carbocycles. The molecule has 0 aliphatic heterocycles. The number of benzene rings is 2. The summed E-state index contributed by atoms with van der Waals surface area (Å²) in [4.78, 5) is 33.3. The fourth-order valence-corrected chi connectivity index (χ4v) is 6.52. The standard InChI is InChI=1S/C28H33N3O12S2/c1-38-21-16-26(40-3)22(27(17-21)41-4)13-14-44(34,35)18-19-7-11-25(39-2)23(15-19)29-45(36,37)28-12-9-20(30(32)42-5)8-10-24(28)31(33)43-6/h7-9,11-17,29H,10,18H2,1-6H3/q+2/b14-13+. The van der Waals surface area contributed by atoms with Crippen LogP contribution in [0.3, 0.4) is 0 Å². The van der Waals surface area contributed by atoms with Crippen molar-refractivity contribution in [2.45, 2.75) is 12.2 Å². The summed E-state index contributed by atoms with van der Waals surface area (Å²) in [5.74, 6) is 0.634. The molecule has 15 nitrogen and oxygen atoms in total. The summed E-state index contributed by atoms with van der Waals surface area (Å²) >= 11 is 0. The predicted molar refractivity (Wildman–Crippen MR) is 163 cm³/mol. The lowest BCUT2D eigenvalue weighted by atomic mass is 10.1. The van der Waals surface area contributed by atoms with Crippen LogP contribution in [0, 0.1) is 9.81 Å². The summed E-state index contributed by atoms with van der Waals surface area (Å²) in [7, 11) is -0.685. The van der Waals surface area contributed by atoms with Gasteiger partial charge in [-0.05, 0) is 29.8 Å². The van der Waals surface area contributed by atoms with Crippen LogP contribution in [-0.2, 0) is 35.3 Å². The largest absolute Gasteiger partial charge is 0.496 e. The van der Waals surface area contributed by atoms with Gasteiger partial charge in [0.15, 0.2) is 29.0 Å². The molecule has 0 saturated heterocycles. The van der Waals surface area contributed by atoms with E-state index in [1.807, 2.05) is 0 Å². The van der Waals surface area contributed by atoms with E-state index >= 15 is 0 Å². The average molecular weight is 668 g/mol. The highest BCUT2D eigenvalue weighted by Crippen LogP contribution is 2.36. The third kappa shape index (κ3) is 8.39. The number of nitrogens with one attached hydrogen (secondary N) is 1. The first-order valence-electron chi connectivity index (χ1n) is 12.9. The molecule has 2 aromatic rings. The Kier molecular flexibility index (Phi) is 11.3. The number of anilines is 1. The van der Waals surface area contributed by atoms with Crippen LogP contribution >= 0.6 is 0 Å². The third-order valence-corrected chi connectivity index (χ3v) is 9.04. The molecule has 0 amide bonds. The second kappa shape index (κ2) is 14.7. The molecule has 0 atom stereocenters. The van der Waals surface area contributed by atoms with Crippen LogP contribution in [0.5, 0.6) is 23.0 Å². The molecule has 0 fully saturated rings. The van der Waals surface area contributed by atoms with Crippen molar-refractivity contribution < 1.29 is 55.3 Å². The van der Waals surface area contributed by atoms with E-state index in [-0.39, 0.29) is 44.7 Å². The van der Waals surface area contributed by atoms with Gasteiger partial charge in [-0.3, -0.25) is 4.72 Å². The van der Waals surface area contributed by atoms with Crippen molar-refractivity contribution >= 4 is 31.6 Å². The molecule has 0 bridgehead atoms. The fraction of sp³-hybridized carbons (Fsp3) is 0.286. The molecular weight excluding hydrogens is 634 g/mol. The maximum Gasteiger partial charge on any atom is 0.317 e. The predicted octanol–water partition coefficient (Wildman–Crippen LogP) is 3.78. The van der Waals surface area contributed by atoms with Gasteiger partial charge in [-0.2, -0.15) is 0 Å². The molecule has 1 aliphatic rings. The van der Waals surface area contributed by atoms with Crippen molar-refractivity contribution in [3.63, 3.8) is 0 Å². The minimum absolute atomic E-state index is 0.000339. The average Bonchev–Trinajstić information content (AvgIpc) is 3.26. The normalized spacial score (nSPS) is 13.5.